The minimum absolute atomic E-state index is 0.185. The predicted molar refractivity (Wildman–Crippen MR) is 109 cm³/mol. The van der Waals surface area contributed by atoms with Gasteiger partial charge in [-0.2, -0.15) is 4.98 Å². The second-order valence-electron chi connectivity index (χ2n) is 7.76. The number of aromatic nitrogens is 2. The monoisotopic (exact) mass is 403 g/mol. The van der Waals surface area contributed by atoms with Crippen molar-refractivity contribution >= 4 is 17.7 Å². The Morgan fingerprint density at radius 1 is 1.14 bits per heavy atom. The Bertz CT molecular complexity index is 866. The molecule has 0 radical (unpaired) electrons. The number of benzene rings is 1. The molecule has 2 aromatic rings. The van der Waals surface area contributed by atoms with Crippen molar-refractivity contribution in [3.05, 3.63) is 47.2 Å². The molecule has 0 saturated heterocycles. The lowest BCUT2D eigenvalue weighted by atomic mass is 9.86. The number of aryl methyl sites for hydroxylation is 1. The maximum absolute atomic E-state index is 14.0. The Morgan fingerprint density at radius 3 is 2.55 bits per heavy atom. The molecule has 0 aliphatic heterocycles. The average Bonchev–Trinajstić information content (AvgIpc) is 2.71. The second-order valence-corrected chi connectivity index (χ2v) is 7.76. The van der Waals surface area contributed by atoms with Gasteiger partial charge in [-0.15, -0.1) is 0 Å². The Hall–Kier alpha value is -2.77. The molecule has 6 nitrogen and oxygen atoms in total. The normalized spacial score (nSPS) is 18.9. The van der Waals surface area contributed by atoms with Crippen LogP contribution in [0.25, 0.3) is 0 Å². The number of hydrogen-bond donors (Lipinski definition) is 2. The number of nitrogens with one attached hydrogen (secondary N) is 2. The van der Waals surface area contributed by atoms with Crippen LogP contribution in [-0.4, -0.2) is 42.6 Å². The zero-order valence-electron chi connectivity index (χ0n) is 17.0. The molecular weight excluding hydrogens is 376 g/mol. The number of rotatable bonds is 6. The van der Waals surface area contributed by atoms with Gasteiger partial charge in [-0.05, 0) is 56.2 Å². The van der Waals surface area contributed by atoms with Gasteiger partial charge in [0.05, 0.1) is 5.56 Å². The molecule has 1 fully saturated rings. The third kappa shape index (κ3) is 5.19. The van der Waals surface area contributed by atoms with Crippen molar-refractivity contribution < 1.29 is 13.6 Å². The lowest BCUT2D eigenvalue weighted by Crippen LogP contribution is -2.34. The van der Waals surface area contributed by atoms with E-state index in [1.54, 1.807) is 6.20 Å². The molecule has 1 aliphatic carbocycles. The van der Waals surface area contributed by atoms with E-state index in [0.29, 0.717) is 18.4 Å². The van der Waals surface area contributed by atoms with Gasteiger partial charge in [-0.25, -0.2) is 13.8 Å². The van der Waals surface area contributed by atoms with Crippen LogP contribution in [0.2, 0.25) is 0 Å². The summed E-state index contributed by atoms with van der Waals surface area (Å²) in [5.74, 6) is -0.858. The summed E-state index contributed by atoms with van der Waals surface area (Å²) in [4.78, 5) is 22.9. The van der Waals surface area contributed by atoms with Crippen LogP contribution in [0.3, 0.4) is 0 Å². The maximum atomic E-state index is 14.0. The molecule has 0 spiro atoms. The van der Waals surface area contributed by atoms with Crippen LogP contribution in [0.4, 0.5) is 20.5 Å². The van der Waals surface area contributed by atoms with E-state index in [2.05, 4.69) is 20.6 Å². The Morgan fingerprint density at radius 2 is 1.86 bits per heavy atom. The summed E-state index contributed by atoms with van der Waals surface area (Å²) < 4.78 is 27.6. The molecule has 0 bridgehead atoms. The van der Waals surface area contributed by atoms with Crippen LogP contribution in [0.1, 0.15) is 41.6 Å². The van der Waals surface area contributed by atoms with Gasteiger partial charge in [0, 0.05) is 32.9 Å². The van der Waals surface area contributed by atoms with Crippen molar-refractivity contribution in [2.75, 3.05) is 30.9 Å². The quantitative estimate of drug-likeness (QED) is 0.772. The zero-order chi connectivity index (χ0) is 21.0. The van der Waals surface area contributed by atoms with E-state index in [0.717, 1.165) is 31.5 Å². The van der Waals surface area contributed by atoms with E-state index in [4.69, 9.17) is 0 Å². The van der Waals surface area contributed by atoms with Crippen molar-refractivity contribution in [3.8, 4) is 0 Å². The first kappa shape index (κ1) is 21.0. The highest BCUT2D eigenvalue weighted by molar-refractivity contribution is 5.94. The smallest absolute Gasteiger partial charge is 0.254 e. The highest BCUT2D eigenvalue weighted by atomic mass is 19.2. The van der Waals surface area contributed by atoms with Gasteiger partial charge in [-0.1, -0.05) is 6.07 Å². The molecule has 0 unspecified atom stereocenters. The van der Waals surface area contributed by atoms with Gasteiger partial charge in [0.15, 0.2) is 11.6 Å². The molecule has 1 aromatic carbocycles. The number of carbonyl (C=O) groups is 1. The molecule has 1 heterocycles. The lowest BCUT2D eigenvalue weighted by molar-refractivity contribution is 0.0938. The first-order valence-corrected chi connectivity index (χ1v) is 9.85. The lowest BCUT2D eigenvalue weighted by Gasteiger charge is -2.29. The number of carbonyl (C=O) groups excluding carboxylic acids is 1. The van der Waals surface area contributed by atoms with E-state index < -0.39 is 17.5 Å². The number of amides is 1. The highest BCUT2D eigenvalue weighted by Crippen LogP contribution is 2.26. The number of halogens is 2. The molecule has 2 N–H and O–H groups in total. The first-order chi connectivity index (χ1) is 13.8. The second kappa shape index (κ2) is 9.15. The Labute approximate surface area is 169 Å². The largest absolute Gasteiger partial charge is 0.363 e. The van der Waals surface area contributed by atoms with Gasteiger partial charge in [0.25, 0.3) is 5.91 Å². The summed E-state index contributed by atoms with van der Waals surface area (Å²) in [6.07, 6.45) is 5.46. The summed E-state index contributed by atoms with van der Waals surface area (Å²) in [5.41, 5.74) is -0.0636. The molecule has 1 aliphatic rings. The standard InChI is InChI=1S/C21H27F2N5O/c1-13-4-9-16(19(23)18(13)22)20(29)25-12-14-5-7-15(8-6-14)26-21-24-11-10-17(27-21)28(2)3/h4,9-11,14-15H,5-8,12H2,1-3H3,(H,25,29)(H,24,26,27)/t14-,15+. The fraction of sp³-hybridized carbons (Fsp3) is 0.476. The molecule has 3 rings (SSSR count). The van der Waals surface area contributed by atoms with Crippen molar-refractivity contribution in [1.29, 1.82) is 0 Å². The summed E-state index contributed by atoms with van der Waals surface area (Å²) >= 11 is 0. The molecule has 1 amide bonds. The molecule has 1 saturated carbocycles. The number of anilines is 2. The minimum Gasteiger partial charge on any atom is -0.363 e. The fourth-order valence-electron chi connectivity index (χ4n) is 3.51. The van der Waals surface area contributed by atoms with Crippen LogP contribution in [0.15, 0.2) is 24.4 Å². The summed E-state index contributed by atoms with van der Waals surface area (Å²) in [6, 6.07) is 4.87. The van der Waals surface area contributed by atoms with Crippen LogP contribution >= 0.6 is 0 Å². The molecule has 1 aromatic heterocycles. The first-order valence-electron chi connectivity index (χ1n) is 9.85. The van der Waals surface area contributed by atoms with Gasteiger partial charge in [0.1, 0.15) is 5.82 Å². The van der Waals surface area contributed by atoms with Gasteiger partial charge >= 0.3 is 0 Å². The van der Waals surface area contributed by atoms with Crippen LogP contribution in [-0.2, 0) is 0 Å². The highest BCUT2D eigenvalue weighted by Gasteiger charge is 2.23. The van der Waals surface area contributed by atoms with Gasteiger partial charge in [0.2, 0.25) is 5.95 Å². The van der Waals surface area contributed by atoms with E-state index in [1.807, 2.05) is 25.1 Å². The molecule has 29 heavy (non-hydrogen) atoms. The van der Waals surface area contributed by atoms with E-state index in [-0.39, 0.29) is 17.2 Å². The molecule has 8 heteroatoms. The molecule has 156 valence electrons. The summed E-state index contributed by atoms with van der Waals surface area (Å²) in [7, 11) is 3.87. The number of hydrogen-bond acceptors (Lipinski definition) is 5. The predicted octanol–water partition coefficient (Wildman–Crippen LogP) is 3.53. The zero-order valence-corrected chi connectivity index (χ0v) is 17.0. The fourth-order valence-corrected chi connectivity index (χ4v) is 3.51. The van der Waals surface area contributed by atoms with Crippen LogP contribution in [0.5, 0.6) is 0 Å². The molecular formula is C21H27F2N5O. The van der Waals surface area contributed by atoms with Crippen LogP contribution in [0, 0.1) is 24.5 Å². The van der Waals surface area contributed by atoms with Crippen molar-refractivity contribution in [1.82, 2.24) is 15.3 Å². The van der Waals surface area contributed by atoms with Crippen molar-refractivity contribution in [2.24, 2.45) is 5.92 Å². The van der Waals surface area contributed by atoms with E-state index in [1.165, 1.54) is 19.1 Å². The maximum Gasteiger partial charge on any atom is 0.254 e. The van der Waals surface area contributed by atoms with E-state index >= 15 is 0 Å². The Kier molecular flexibility index (Phi) is 6.61. The molecule has 0 atom stereocenters. The average molecular weight is 403 g/mol. The third-order valence-corrected chi connectivity index (χ3v) is 5.35. The topological polar surface area (TPSA) is 70.2 Å². The number of nitrogens with zero attached hydrogens (tertiary/aromatic N) is 3. The van der Waals surface area contributed by atoms with Crippen LogP contribution < -0.4 is 15.5 Å². The Balaban J connectivity index is 1.47. The van der Waals surface area contributed by atoms with Crippen molar-refractivity contribution in [2.45, 2.75) is 38.6 Å². The SMILES string of the molecule is Cc1ccc(C(=O)NC[C@H]2CC[C@@H](Nc3nccc(N(C)C)n3)CC2)c(F)c1F. The van der Waals surface area contributed by atoms with Gasteiger partial charge in [-0.3, -0.25) is 4.79 Å². The van der Waals surface area contributed by atoms with Crippen molar-refractivity contribution in [3.63, 3.8) is 0 Å². The van der Waals surface area contributed by atoms with E-state index in [9.17, 15) is 13.6 Å². The minimum atomic E-state index is -1.09. The third-order valence-electron chi connectivity index (χ3n) is 5.35. The summed E-state index contributed by atoms with van der Waals surface area (Å²) in [5, 5.41) is 6.12. The van der Waals surface area contributed by atoms with Gasteiger partial charge < -0.3 is 15.5 Å². The summed E-state index contributed by atoms with van der Waals surface area (Å²) in [6.45, 7) is 1.92.